The Balaban J connectivity index is 1.78. The lowest BCUT2D eigenvalue weighted by Crippen LogP contribution is -2.28. The van der Waals surface area contributed by atoms with Gasteiger partial charge in [-0.2, -0.15) is 0 Å². The number of Topliss-reactive ketones (excluding diaryl/α,β-unsaturated/α-hetero) is 1. The number of thiophene rings is 1. The van der Waals surface area contributed by atoms with E-state index in [0.717, 1.165) is 17.8 Å². The summed E-state index contributed by atoms with van der Waals surface area (Å²) in [6.45, 7) is 8.12. The number of ketones is 1. The van der Waals surface area contributed by atoms with Crippen molar-refractivity contribution in [1.82, 2.24) is 4.90 Å². The topological polar surface area (TPSA) is 37.4 Å². The molecule has 0 aliphatic carbocycles. The van der Waals surface area contributed by atoms with Crippen LogP contribution in [0.2, 0.25) is 0 Å². The third kappa shape index (κ3) is 3.69. The van der Waals surface area contributed by atoms with Crippen molar-refractivity contribution in [2.75, 3.05) is 13.1 Å². The van der Waals surface area contributed by atoms with Gasteiger partial charge < -0.3 is 4.90 Å². The molecule has 1 unspecified atom stereocenters. The Morgan fingerprint density at radius 1 is 1.45 bits per heavy atom. The largest absolute Gasteiger partial charge is 0.342 e. The first-order valence-electron chi connectivity index (χ1n) is 7.22. The average Bonchev–Trinajstić information content (AvgIpc) is 2.98. The monoisotopic (exact) mass is 293 g/mol. The van der Waals surface area contributed by atoms with Crippen LogP contribution >= 0.6 is 11.3 Å². The summed E-state index contributed by atoms with van der Waals surface area (Å²) >= 11 is 1.49. The molecule has 4 heteroatoms. The van der Waals surface area contributed by atoms with E-state index < -0.39 is 0 Å². The van der Waals surface area contributed by atoms with Crippen LogP contribution in [0.25, 0.3) is 0 Å². The quantitative estimate of drug-likeness (QED) is 0.778. The third-order valence-electron chi connectivity index (χ3n) is 4.07. The second-order valence-corrected chi connectivity index (χ2v) is 7.56. The van der Waals surface area contributed by atoms with E-state index in [4.69, 9.17) is 0 Å². The minimum absolute atomic E-state index is 0.178. The zero-order valence-electron chi connectivity index (χ0n) is 12.5. The lowest BCUT2D eigenvalue weighted by atomic mass is 9.80. The first-order chi connectivity index (χ1) is 9.38. The Bertz CT molecular complexity index is 473. The van der Waals surface area contributed by atoms with Crippen molar-refractivity contribution in [3.05, 3.63) is 22.4 Å². The van der Waals surface area contributed by atoms with Gasteiger partial charge in [-0.05, 0) is 29.2 Å². The number of hydrogen-bond acceptors (Lipinski definition) is 3. The van der Waals surface area contributed by atoms with Crippen molar-refractivity contribution in [2.45, 2.75) is 40.0 Å². The van der Waals surface area contributed by atoms with Gasteiger partial charge in [0.25, 0.3) is 0 Å². The van der Waals surface area contributed by atoms with Crippen LogP contribution < -0.4 is 0 Å². The standard InChI is InChI=1S/C16H23NO2S/c1-16(2,3)12-10-15(19)17(11-12)8-4-6-13(18)14-7-5-9-20-14/h5,7,9,12H,4,6,8,10-11H2,1-3H3. The highest BCUT2D eigenvalue weighted by Gasteiger charge is 2.36. The molecular formula is C16H23NO2S. The molecule has 0 N–H and O–H groups in total. The highest BCUT2D eigenvalue weighted by atomic mass is 32.1. The Morgan fingerprint density at radius 2 is 2.20 bits per heavy atom. The molecule has 1 atom stereocenters. The van der Waals surface area contributed by atoms with Crippen LogP contribution in [0.5, 0.6) is 0 Å². The zero-order valence-corrected chi connectivity index (χ0v) is 13.3. The Labute approximate surface area is 125 Å². The van der Waals surface area contributed by atoms with Crippen LogP contribution in [0.4, 0.5) is 0 Å². The fourth-order valence-electron chi connectivity index (χ4n) is 2.56. The maximum Gasteiger partial charge on any atom is 0.222 e. The summed E-state index contributed by atoms with van der Waals surface area (Å²) in [5, 5.41) is 1.92. The number of rotatable bonds is 5. The molecule has 0 spiro atoms. The fourth-order valence-corrected chi connectivity index (χ4v) is 3.25. The molecule has 1 fully saturated rings. The highest BCUT2D eigenvalue weighted by molar-refractivity contribution is 7.12. The summed E-state index contributed by atoms with van der Waals surface area (Å²) in [6, 6.07) is 3.76. The summed E-state index contributed by atoms with van der Waals surface area (Å²) in [6.07, 6.45) is 1.95. The summed E-state index contributed by atoms with van der Waals surface area (Å²) in [7, 11) is 0. The summed E-state index contributed by atoms with van der Waals surface area (Å²) in [5.74, 6) is 0.871. The number of hydrogen-bond donors (Lipinski definition) is 0. The first-order valence-corrected chi connectivity index (χ1v) is 8.10. The second kappa shape index (κ2) is 6.08. The van der Waals surface area contributed by atoms with Gasteiger partial charge in [-0.25, -0.2) is 0 Å². The van der Waals surface area contributed by atoms with E-state index in [1.807, 2.05) is 22.4 Å². The maximum absolute atomic E-state index is 12.0. The molecule has 1 aliphatic rings. The molecule has 0 bridgehead atoms. The Hall–Kier alpha value is -1.16. The van der Waals surface area contributed by atoms with Crippen molar-refractivity contribution < 1.29 is 9.59 Å². The molecule has 1 aliphatic heterocycles. The van der Waals surface area contributed by atoms with E-state index in [1.54, 1.807) is 0 Å². The lowest BCUT2D eigenvalue weighted by Gasteiger charge is -2.26. The lowest BCUT2D eigenvalue weighted by molar-refractivity contribution is -0.127. The fraction of sp³-hybridized carbons (Fsp3) is 0.625. The average molecular weight is 293 g/mol. The van der Waals surface area contributed by atoms with Crippen LogP contribution in [0.1, 0.15) is 49.7 Å². The maximum atomic E-state index is 12.0. The molecule has 1 amide bonds. The minimum Gasteiger partial charge on any atom is -0.342 e. The van der Waals surface area contributed by atoms with Crippen molar-refractivity contribution in [1.29, 1.82) is 0 Å². The molecule has 0 aromatic carbocycles. The van der Waals surface area contributed by atoms with Gasteiger partial charge in [-0.3, -0.25) is 9.59 Å². The van der Waals surface area contributed by atoms with Crippen LogP contribution in [-0.2, 0) is 4.79 Å². The van der Waals surface area contributed by atoms with Crippen LogP contribution in [-0.4, -0.2) is 29.7 Å². The van der Waals surface area contributed by atoms with E-state index >= 15 is 0 Å². The number of likely N-dealkylation sites (tertiary alicyclic amines) is 1. The van der Waals surface area contributed by atoms with Gasteiger partial charge in [-0.1, -0.05) is 26.8 Å². The van der Waals surface area contributed by atoms with Crippen molar-refractivity contribution in [2.24, 2.45) is 11.3 Å². The van der Waals surface area contributed by atoms with Crippen LogP contribution in [0.15, 0.2) is 17.5 Å². The number of nitrogens with zero attached hydrogens (tertiary/aromatic N) is 1. The third-order valence-corrected chi connectivity index (χ3v) is 4.98. The molecule has 2 heterocycles. The van der Waals surface area contributed by atoms with Crippen molar-refractivity contribution in [3.63, 3.8) is 0 Å². The van der Waals surface area contributed by atoms with Crippen LogP contribution in [0.3, 0.4) is 0 Å². The van der Waals surface area contributed by atoms with Gasteiger partial charge in [0, 0.05) is 25.9 Å². The van der Waals surface area contributed by atoms with E-state index in [2.05, 4.69) is 20.8 Å². The first kappa shape index (κ1) is 15.2. The molecule has 1 aromatic heterocycles. The predicted octanol–water partition coefficient (Wildman–Crippen LogP) is 3.61. The molecule has 1 aromatic rings. The molecule has 1 saturated heterocycles. The van der Waals surface area contributed by atoms with E-state index in [1.165, 1.54) is 11.3 Å². The van der Waals surface area contributed by atoms with Crippen LogP contribution in [0, 0.1) is 11.3 Å². The molecular weight excluding hydrogens is 270 g/mol. The van der Waals surface area contributed by atoms with Gasteiger partial charge >= 0.3 is 0 Å². The summed E-state index contributed by atoms with van der Waals surface area (Å²) in [5.41, 5.74) is 0.178. The van der Waals surface area contributed by atoms with Crippen molar-refractivity contribution in [3.8, 4) is 0 Å². The zero-order chi connectivity index (χ0) is 14.8. The molecule has 2 rings (SSSR count). The van der Waals surface area contributed by atoms with E-state index in [9.17, 15) is 9.59 Å². The Morgan fingerprint density at radius 3 is 2.75 bits per heavy atom. The normalized spacial score (nSPS) is 19.6. The molecule has 0 saturated carbocycles. The smallest absolute Gasteiger partial charge is 0.222 e. The van der Waals surface area contributed by atoms with Crippen molar-refractivity contribution >= 4 is 23.0 Å². The molecule has 3 nitrogen and oxygen atoms in total. The molecule has 0 radical (unpaired) electrons. The van der Waals surface area contributed by atoms with Gasteiger partial charge in [0.05, 0.1) is 4.88 Å². The second-order valence-electron chi connectivity index (χ2n) is 6.61. The van der Waals surface area contributed by atoms with Gasteiger partial charge in [-0.15, -0.1) is 11.3 Å². The summed E-state index contributed by atoms with van der Waals surface area (Å²) in [4.78, 5) is 26.6. The molecule has 110 valence electrons. The SMILES string of the molecule is CC(C)(C)C1CC(=O)N(CCCC(=O)c2cccs2)C1. The van der Waals surface area contributed by atoms with Gasteiger partial charge in [0.1, 0.15) is 0 Å². The van der Waals surface area contributed by atoms with Gasteiger partial charge in [0.2, 0.25) is 5.91 Å². The predicted molar refractivity (Wildman–Crippen MR) is 82.0 cm³/mol. The number of carbonyl (C=O) groups is 2. The highest BCUT2D eigenvalue weighted by Crippen LogP contribution is 2.34. The van der Waals surface area contributed by atoms with Gasteiger partial charge in [0.15, 0.2) is 5.78 Å². The van der Waals surface area contributed by atoms with E-state index in [-0.39, 0.29) is 17.1 Å². The van der Waals surface area contributed by atoms with E-state index in [0.29, 0.717) is 25.3 Å². The molecule has 20 heavy (non-hydrogen) atoms. The summed E-state index contributed by atoms with van der Waals surface area (Å²) < 4.78 is 0. The number of carbonyl (C=O) groups excluding carboxylic acids is 2. The Kier molecular flexibility index (Phi) is 4.63. The minimum atomic E-state index is 0.178. The number of amides is 1.